The van der Waals surface area contributed by atoms with E-state index in [0.717, 1.165) is 39.4 Å². The van der Waals surface area contributed by atoms with E-state index in [1.165, 1.54) is 0 Å². The van der Waals surface area contributed by atoms with Crippen LogP contribution in [0.15, 0.2) is 36.4 Å². The quantitative estimate of drug-likeness (QED) is 0.890. The molecule has 1 aliphatic heterocycles. The Bertz CT molecular complexity index is 712. The number of benzene rings is 2. The second-order valence-corrected chi connectivity index (χ2v) is 5.80. The number of rotatable bonds is 2. The normalized spacial score (nSPS) is 15.3. The molecule has 0 bridgehead atoms. The van der Waals surface area contributed by atoms with Crippen LogP contribution in [0.5, 0.6) is 0 Å². The zero-order chi connectivity index (χ0) is 15.0. The molecule has 0 saturated carbocycles. The van der Waals surface area contributed by atoms with Gasteiger partial charge < -0.3 is 11.1 Å². The minimum absolute atomic E-state index is 0.0743. The third-order valence-corrected chi connectivity index (χ3v) is 4.44. The maximum Gasteiger partial charge on any atom is 0.224 e. The second kappa shape index (κ2) is 5.51. The molecule has 108 valence electrons. The van der Waals surface area contributed by atoms with Crippen LogP contribution >= 0.6 is 11.6 Å². The van der Waals surface area contributed by atoms with E-state index < -0.39 is 0 Å². The van der Waals surface area contributed by atoms with Crippen LogP contribution in [-0.4, -0.2) is 5.91 Å². The van der Waals surface area contributed by atoms with Crippen molar-refractivity contribution in [2.75, 3.05) is 5.32 Å². The third-order valence-electron chi connectivity index (χ3n) is 4.03. The highest BCUT2D eigenvalue weighted by molar-refractivity contribution is 6.31. The topological polar surface area (TPSA) is 55.1 Å². The number of carbonyl (C=O) groups excluding carboxylic acids is 1. The van der Waals surface area contributed by atoms with Crippen molar-refractivity contribution in [2.24, 2.45) is 5.73 Å². The first-order valence-corrected chi connectivity index (χ1v) is 7.37. The van der Waals surface area contributed by atoms with E-state index in [4.69, 9.17) is 17.3 Å². The molecule has 0 aromatic heterocycles. The Balaban J connectivity index is 1.97. The number of hydrogen-bond donors (Lipinski definition) is 2. The number of nitrogens with two attached hydrogens (primary N) is 1. The van der Waals surface area contributed by atoms with E-state index in [-0.39, 0.29) is 11.9 Å². The largest absolute Gasteiger partial charge is 0.326 e. The predicted molar refractivity (Wildman–Crippen MR) is 85.6 cm³/mol. The number of hydrogen-bond acceptors (Lipinski definition) is 2. The van der Waals surface area contributed by atoms with Crippen molar-refractivity contribution >= 4 is 23.2 Å². The zero-order valence-corrected chi connectivity index (χ0v) is 12.6. The Morgan fingerprint density at radius 1 is 1.24 bits per heavy atom. The van der Waals surface area contributed by atoms with Gasteiger partial charge in [-0.05, 0) is 47.7 Å². The van der Waals surface area contributed by atoms with Crippen LogP contribution in [0.25, 0.3) is 0 Å². The zero-order valence-electron chi connectivity index (χ0n) is 11.8. The van der Waals surface area contributed by atoms with Gasteiger partial charge in [0.25, 0.3) is 0 Å². The lowest BCUT2D eigenvalue weighted by molar-refractivity contribution is -0.116. The number of fused-ring (bicyclic) bond motifs is 1. The lowest BCUT2D eigenvalue weighted by atomic mass is 9.92. The maximum absolute atomic E-state index is 11.4. The molecule has 0 saturated heterocycles. The number of anilines is 1. The van der Waals surface area contributed by atoms with Gasteiger partial charge in [-0.25, -0.2) is 0 Å². The van der Waals surface area contributed by atoms with Crippen molar-refractivity contribution in [3.63, 3.8) is 0 Å². The van der Waals surface area contributed by atoms with Crippen molar-refractivity contribution < 1.29 is 4.79 Å². The highest BCUT2D eigenvalue weighted by Gasteiger charge is 2.18. The van der Waals surface area contributed by atoms with Crippen LogP contribution in [0.3, 0.4) is 0 Å². The summed E-state index contributed by atoms with van der Waals surface area (Å²) in [5, 5.41) is 3.62. The third kappa shape index (κ3) is 2.67. The van der Waals surface area contributed by atoms with Gasteiger partial charge in [0.1, 0.15) is 0 Å². The summed E-state index contributed by atoms with van der Waals surface area (Å²) < 4.78 is 0. The summed E-state index contributed by atoms with van der Waals surface area (Å²) in [6.07, 6.45) is 1.29. The number of amides is 1. The highest BCUT2D eigenvalue weighted by Crippen LogP contribution is 2.30. The van der Waals surface area contributed by atoms with Gasteiger partial charge in [0.15, 0.2) is 0 Å². The molecule has 0 fully saturated rings. The molecule has 3 rings (SSSR count). The van der Waals surface area contributed by atoms with Crippen LogP contribution < -0.4 is 11.1 Å². The van der Waals surface area contributed by atoms with Crippen LogP contribution in [-0.2, 0) is 11.2 Å². The molecular weight excluding hydrogens is 284 g/mol. The Kier molecular flexibility index (Phi) is 3.70. The number of carbonyl (C=O) groups is 1. The molecule has 1 unspecified atom stereocenters. The van der Waals surface area contributed by atoms with E-state index in [1.807, 2.05) is 37.3 Å². The lowest BCUT2D eigenvalue weighted by Gasteiger charge is -2.21. The van der Waals surface area contributed by atoms with Gasteiger partial charge in [-0.3, -0.25) is 4.79 Å². The molecule has 3 N–H and O–H groups in total. The fraction of sp³-hybridized carbons (Fsp3) is 0.235. The smallest absolute Gasteiger partial charge is 0.224 e. The molecule has 3 nitrogen and oxygen atoms in total. The van der Waals surface area contributed by atoms with Crippen molar-refractivity contribution in [3.05, 3.63) is 63.7 Å². The summed E-state index contributed by atoms with van der Waals surface area (Å²) in [5.74, 6) is 0.0743. The molecule has 2 aromatic carbocycles. The van der Waals surface area contributed by atoms with Crippen LogP contribution in [0.4, 0.5) is 5.69 Å². The number of aryl methyl sites for hydroxylation is 1. The summed E-state index contributed by atoms with van der Waals surface area (Å²) in [6, 6.07) is 11.6. The highest BCUT2D eigenvalue weighted by atomic mass is 35.5. The van der Waals surface area contributed by atoms with Gasteiger partial charge in [-0.2, -0.15) is 0 Å². The minimum atomic E-state index is -0.216. The van der Waals surface area contributed by atoms with E-state index in [9.17, 15) is 4.79 Å². The van der Waals surface area contributed by atoms with E-state index in [1.54, 1.807) is 0 Å². The molecule has 2 aromatic rings. The molecule has 0 aliphatic carbocycles. The van der Waals surface area contributed by atoms with Crippen molar-refractivity contribution in [2.45, 2.75) is 25.8 Å². The maximum atomic E-state index is 11.4. The molecule has 0 radical (unpaired) electrons. The van der Waals surface area contributed by atoms with Gasteiger partial charge in [-0.15, -0.1) is 0 Å². The standard InChI is InChI=1S/C17H17ClN2O/c1-10-13(3-2-4-14(10)18)17(19)12-5-7-15-11(9-12)6-8-16(21)20-15/h2-5,7,9,17H,6,8,19H2,1H3,(H,20,21). The first kappa shape index (κ1) is 14.1. The van der Waals surface area contributed by atoms with Crippen LogP contribution in [0.1, 0.15) is 34.7 Å². The van der Waals surface area contributed by atoms with Gasteiger partial charge in [0.2, 0.25) is 5.91 Å². The Morgan fingerprint density at radius 2 is 2.05 bits per heavy atom. The summed E-state index contributed by atoms with van der Waals surface area (Å²) in [6.45, 7) is 1.98. The average molecular weight is 301 g/mol. The lowest BCUT2D eigenvalue weighted by Crippen LogP contribution is -2.20. The SMILES string of the molecule is Cc1c(Cl)cccc1C(N)c1ccc2c(c1)CCC(=O)N2. The molecular formula is C17H17ClN2O. The Hall–Kier alpha value is -1.84. The van der Waals surface area contributed by atoms with Gasteiger partial charge in [0, 0.05) is 17.1 Å². The monoisotopic (exact) mass is 300 g/mol. The first-order chi connectivity index (χ1) is 10.1. The second-order valence-electron chi connectivity index (χ2n) is 5.40. The number of nitrogens with one attached hydrogen (secondary N) is 1. The fourth-order valence-electron chi connectivity index (χ4n) is 2.74. The van der Waals surface area contributed by atoms with E-state index >= 15 is 0 Å². The van der Waals surface area contributed by atoms with Crippen molar-refractivity contribution in [1.82, 2.24) is 0 Å². The van der Waals surface area contributed by atoms with E-state index in [0.29, 0.717) is 6.42 Å². The van der Waals surface area contributed by atoms with Crippen molar-refractivity contribution in [1.29, 1.82) is 0 Å². The predicted octanol–water partition coefficient (Wildman–Crippen LogP) is 3.58. The number of halogens is 1. The molecule has 1 aliphatic rings. The van der Waals surface area contributed by atoms with Gasteiger partial charge >= 0.3 is 0 Å². The fourth-order valence-corrected chi connectivity index (χ4v) is 2.92. The minimum Gasteiger partial charge on any atom is -0.326 e. The molecule has 0 spiro atoms. The summed E-state index contributed by atoms with van der Waals surface area (Å²) >= 11 is 6.17. The Labute approximate surface area is 129 Å². The average Bonchev–Trinajstić information content (AvgIpc) is 2.49. The van der Waals surface area contributed by atoms with Gasteiger partial charge in [0.05, 0.1) is 6.04 Å². The summed E-state index contributed by atoms with van der Waals surface area (Å²) in [4.78, 5) is 11.4. The molecule has 4 heteroatoms. The molecule has 1 atom stereocenters. The molecule has 1 heterocycles. The van der Waals surface area contributed by atoms with E-state index in [2.05, 4.69) is 11.4 Å². The molecule has 1 amide bonds. The van der Waals surface area contributed by atoms with Crippen molar-refractivity contribution in [3.8, 4) is 0 Å². The first-order valence-electron chi connectivity index (χ1n) is 6.99. The Morgan fingerprint density at radius 3 is 2.86 bits per heavy atom. The summed E-state index contributed by atoms with van der Waals surface area (Å²) in [7, 11) is 0. The summed E-state index contributed by atoms with van der Waals surface area (Å²) in [5.41, 5.74) is 11.5. The van der Waals surface area contributed by atoms with Gasteiger partial charge in [-0.1, -0.05) is 35.9 Å². The van der Waals surface area contributed by atoms with Crippen LogP contribution in [0, 0.1) is 6.92 Å². The van der Waals surface area contributed by atoms with Crippen LogP contribution in [0.2, 0.25) is 5.02 Å². The molecule has 21 heavy (non-hydrogen) atoms.